The SMILES string of the molecule is CCCC(C)(C)c1ccc2c(c1)c1ccccc1n2-c1cccc(-c2cccc(-n3c4ccccc4c4cc(C(C)(C)CCC)ccc43)c2)c1. The first-order valence-electron chi connectivity index (χ1n) is 18.5. The van der Waals surface area contributed by atoms with E-state index in [2.05, 4.69) is 184 Å². The molecule has 0 aliphatic rings. The molecule has 0 N–H and O–H groups in total. The van der Waals surface area contributed by atoms with Crippen molar-refractivity contribution in [2.75, 3.05) is 0 Å². The predicted octanol–water partition coefficient (Wildman–Crippen LogP) is 13.7. The van der Waals surface area contributed by atoms with Crippen LogP contribution in [0, 0.1) is 0 Å². The quantitative estimate of drug-likeness (QED) is 0.147. The van der Waals surface area contributed by atoms with Gasteiger partial charge in [-0.3, -0.25) is 0 Å². The van der Waals surface area contributed by atoms with E-state index in [-0.39, 0.29) is 10.8 Å². The lowest BCUT2D eigenvalue weighted by molar-refractivity contribution is 0.473. The summed E-state index contributed by atoms with van der Waals surface area (Å²) in [6.45, 7) is 14.1. The number of fused-ring (bicyclic) bond motifs is 6. The Balaban J connectivity index is 1.25. The molecular weight excluding hydrogens is 605 g/mol. The molecule has 0 fully saturated rings. The summed E-state index contributed by atoms with van der Waals surface area (Å²) in [5.74, 6) is 0. The van der Waals surface area contributed by atoms with Crippen molar-refractivity contribution in [1.82, 2.24) is 9.13 Å². The summed E-state index contributed by atoms with van der Waals surface area (Å²) in [4.78, 5) is 0. The van der Waals surface area contributed by atoms with E-state index in [1.54, 1.807) is 0 Å². The smallest absolute Gasteiger partial charge is 0.0541 e. The highest BCUT2D eigenvalue weighted by atomic mass is 15.0. The maximum absolute atomic E-state index is 2.44. The minimum absolute atomic E-state index is 0.140. The van der Waals surface area contributed by atoms with Crippen molar-refractivity contribution in [2.24, 2.45) is 0 Å². The van der Waals surface area contributed by atoms with Crippen LogP contribution in [0.5, 0.6) is 0 Å². The molecule has 0 aliphatic heterocycles. The van der Waals surface area contributed by atoms with Crippen LogP contribution in [0.15, 0.2) is 133 Å². The topological polar surface area (TPSA) is 9.86 Å². The Hall–Kier alpha value is -5.08. The van der Waals surface area contributed by atoms with Crippen LogP contribution in [-0.4, -0.2) is 9.13 Å². The number of rotatable bonds is 9. The van der Waals surface area contributed by atoms with E-state index in [0.29, 0.717) is 0 Å². The molecule has 0 atom stereocenters. The fraction of sp³-hybridized carbons (Fsp3) is 0.250. The van der Waals surface area contributed by atoms with Gasteiger partial charge in [-0.15, -0.1) is 0 Å². The molecule has 0 saturated carbocycles. The number of hydrogen-bond acceptors (Lipinski definition) is 0. The van der Waals surface area contributed by atoms with Crippen molar-refractivity contribution in [3.63, 3.8) is 0 Å². The molecule has 2 heterocycles. The average Bonchev–Trinajstić information content (AvgIpc) is 3.64. The minimum Gasteiger partial charge on any atom is -0.309 e. The van der Waals surface area contributed by atoms with Crippen molar-refractivity contribution in [3.05, 3.63) is 145 Å². The van der Waals surface area contributed by atoms with Gasteiger partial charge in [0.1, 0.15) is 0 Å². The van der Waals surface area contributed by atoms with E-state index in [9.17, 15) is 0 Å². The summed E-state index contributed by atoms with van der Waals surface area (Å²) < 4.78 is 4.89. The third kappa shape index (κ3) is 5.33. The third-order valence-electron chi connectivity index (χ3n) is 11.2. The van der Waals surface area contributed by atoms with Gasteiger partial charge >= 0.3 is 0 Å². The predicted molar refractivity (Wildman–Crippen MR) is 216 cm³/mol. The summed E-state index contributed by atoms with van der Waals surface area (Å²) in [5.41, 5.74) is 12.9. The van der Waals surface area contributed by atoms with Gasteiger partial charge < -0.3 is 9.13 Å². The zero-order valence-electron chi connectivity index (χ0n) is 30.4. The molecule has 8 aromatic rings. The highest BCUT2D eigenvalue weighted by Crippen LogP contribution is 2.39. The van der Waals surface area contributed by atoms with Crippen molar-refractivity contribution < 1.29 is 0 Å². The van der Waals surface area contributed by atoms with Crippen molar-refractivity contribution >= 4 is 43.6 Å². The average molecular weight is 653 g/mol. The van der Waals surface area contributed by atoms with Gasteiger partial charge in [0.15, 0.2) is 0 Å². The summed E-state index contributed by atoms with van der Waals surface area (Å²) in [5, 5.41) is 5.25. The fourth-order valence-electron chi connectivity index (χ4n) is 8.53. The maximum atomic E-state index is 2.44. The number of aromatic nitrogens is 2. The molecular formula is C48H48N2. The second kappa shape index (κ2) is 12.4. The van der Waals surface area contributed by atoms with Crippen LogP contribution >= 0.6 is 0 Å². The highest BCUT2D eigenvalue weighted by Gasteiger charge is 2.23. The Bertz CT molecular complexity index is 2340. The minimum atomic E-state index is 0.140. The molecule has 6 aromatic carbocycles. The first kappa shape index (κ1) is 32.1. The van der Waals surface area contributed by atoms with Crippen molar-refractivity contribution in [2.45, 2.75) is 78.1 Å². The maximum Gasteiger partial charge on any atom is 0.0541 e. The monoisotopic (exact) mass is 652 g/mol. The lowest BCUT2D eigenvalue weighted by Gasteiger charge is -2.25. The van der Waals surface area contributed by atoms with Crippen molar-refractivity contribution in [3.8, 4) is 22.5 Å². The first-order valence-corrected chi connectivity index (χ1v) is 18.5. The second-order valence-corrected chi connectivity index (χ2v) is 15.5. The zero-order valence-corrected chi connectivity index (χ0v) is 30.4. The molecule has 0 spiro atoms. The Morgan fingerprint density at radius 2 is 0.800 bits per heavy atom. The lowest BCUT2D eigenvalue weighted by Crippen LogP contribution is -2.16. The van der Waals surface area contributed by atoms with Gasteiger partial charge in [-0.2, -0.15) is 0 Å². The van der Waals surface area contributed by atoms with Gasteiger partial charge in [0.2, 0.25) is 0 Å². The lowest BCUT2D eigenvalue weighted by atomic mass is 9.80. The first-order chi connectivity index (χ1) is 24.2. The van der Waals surface area contributed by atoms with Crippen LogP contribution in [0.2, 0.25) is 0 Å². The van der Waals surface area contributed by atoms with E-state index in [4.69, 9.17) is 0 Å². The van der Waals surface area contributed by atoms with Gasteiger partial charge in [0, 0.05) is 32.9 Å². The Kier molecular flexibility index (Phi) is 7.94. The van der Waals surface area contributed by atoms with Gasteiger partial charge in [-0.1, -0.05) is 127 Å². The largest absolute Gasteiger partial charge is 0.309 e. The molecule has 250 valence electrons. The highest BCUT2D eigenvalue weighted by molar-refractivity contribution is 6.10. The van der Waals surface area contributed by atoms with Gasteiger partial charge in [-0.25, -0.2) is 0 Å². The molecule has 0 radical (unpaired) electrons. The van der Waals surface area contributed by atoms with E-state index >= 15 is 0 Å². The molecule has 50 heavy (non-hydrogen) atoms. The summed E-state index contributed by atoms with van der Waals surface area (Å²) in [7, 11) is 0. The normalized spacial score (nSPS) is 12.5. The molecule has 2 nitrogen and oxygen atoms in total. The molecule has 0 unspecified atom stereocenters. The third-order valence-corrected chi connectivity index (χ3v) is 11.2. The van der Waals surface area contributed by atoms with Crippen LogP contribution < -0.4 is 0 Å². The molecule has 0 amide bonds. The van der Waals surface area contributed by atoms with Gasteiger partial charge in [0.25, 0.3) is 0 Å². The van der Waals surface area contributed by atoms with E-state index < -0.39 is 0 Å². The molecule has 8 rings (SSSR count). The Morgan fingerprint density at radius 3 is 1.22 bits per heavy atom. The van der Waals surface area contributed by atoms with Crippen LogP contribution in [0.25, 0.3) is 66.1 Å². The molecule has 0 saturated heterocycles. The summed E-state index contributed by atoms with van der Waals surface area (Å²) in [6.07, 6.45) is 4.70. The number of nitrogens with zero attached hydrogens (tertiary/aromatic N) is 2. The summed E-state index contributed by atoms with van der Waals surface area (Å²) in [6, 6.07) is 50.1. The number of hydrogen-bond donors (Lipinski definition) is 0. The van der Waals surface area contributed by atoms with Crippen LogP contribution in [-0.2, 0) is 10.8 Å². The number of benzene rings is 6. The van der Waals surface area contributed by atoms with Crippen LogP contribution in [0.3, 0.4) is 0 Å². The second-order valence-electron chi connectivity index (χ2n) is 15.5. The van der Waals surface area contributed by atoms with E-state index in [0.717, 1.165) is 0 Å². The molecule has 0 bridgehead atoms. The fourth-order valence-corrected chi connectivity index (χ4v) is 8.53. The molecule has 2 aromatic heterocycles. The zero-order chi connectivity index (χ0) is 34.6. The molecule has 0 aliphatic carbocycles. The van der Waals surface area contributed by atoms with Crippen LogP contribution in [0.4, 0.5) is 0 Å². The van der Waals surface area contributed by atoms with E-state index in [1.807, 2.05) is 0 Å². The number of para-hydroxylation sites is 2. The Morgan fingerprint density at radius 1 is 0.400 bits per heavy atom. The summed E-state index contributed by atoms with van der Waals surface area (Å²) >= 11 is 0. The Labute approximate surface area is 297 Å². The van der Waals surface area contributed by atoms with E-state index in [1.165, 1.54) is 103 Å². The van der Waals surface area contributed by atoms with Gasteiger partial charge in [0.05, 0.1) is 22.1 Å². The standard InChI is InChI=1S/C48H48N2/c1-7-27-47(3,4)35-23-25-45-41(31-35)39-19-9-11-21-43(39)49(45)37-17-13-15-33(29-37)34-16-14-18-38(30-34)50-44-22-12-10-20-40(44)42-32-36(24-26-46(42)50)48(5,6)28-8-2/h9-26,29-32H,7-8,27-28H2,1-6H3. The van der Waals surface area contributed by atoms with Crippen molar-refractivity contribution in [1.29, 1.82) is 0 Å². The van der Waals surface area contributed by atoms with Crippen LogP contribution in [0.1, 0.15) is 78.4 Å². The van der Waals surface area contributed by atoms with Gasteiger partial charge in [-0.05, 0) is 107 Å². The molecule has 2 heteroatoms.